The van der Waals surface area contributed by atoms with E-state index in [0.717, 1.165) is 54.0 Å². The molecule has 3 rings (SSSR count). The summed E-state index contributed by atoms with van der Waals surface area (Å²) in [6.45, 7) is 6.97. The number of aromatic nitrogens is 1. The molecule has 1 heterocycles. The first-order valence-corrected chi connectivity index (χ1v) is 12.3. The van der Waals surface area contributed by atoms with E-state index in [9.17, 15) is 19.6 Å². The van der Waals surface area contributed by atoms with E-state index in [-0.39, 0.29) is 30.3 Å². The Bertz CT molecular complexity index is 1270. The van der Waals surface area contributed by atoms with Crippen molar-refractivity contribution in [2.24, 2.45) is 11.1 Å². The van der Waals surface area contributed by atoms with Gasteiger partial charge in [-0.05, 0) is 56.2 Å². The van der Waals surface area contributed by atoms with Crippen LogP contribution in [-0.4, -0.2) is 40.1 Å². The van der Waals surface area contributed by atoms with E-state index in [1.165, 1.54) is 7.11 Å². The van der Waals surface area contributed by atoms with Gasteiger partial charge in [-0.25, -0.2) is 0 Å². The maximum atomic E-state index is 13.3. The number of fused-ring (bicyclic) bond motifs is 3. The van der Waals surface area contributed by atoms with E-state index in [4.69, 9.17) is 0 Å². The Hall–Kier alpha value is -3.48. The number of nitrogens with zero attached hydrogens (tertiary/aromatic N) is 2. The number of unbranched alkanes of at least 4 members (excludes halogenated alkanes) is 1. The fourth-order valence-corrected chi connectivity index (χ4v) is 4.64. The van der Waals surface area contributed by atoms with Crippen LogP contribution in [0.15, 0.2) is 41.6 Å². The van der Waals surface area contributed by atoms with Gasteiger partial charge in [0.1, 0.15) is 5.71 Å². The quantitative estimate of drug-likeness (QED) is 0.110. The van der Waals surface area contributed by atoms with Gasteiger partial charge in [-0.15, -0.1) is 0 Å². The molecular weight excluding hydrogens is 444 g/mol. The van der Waals surface area contributed by atoms with Crippen molar-refractivity contribution in [3.8, 4) is 0 Å². The second-order valence-corrected chi connectivity index (χ2v) is 8.77. The molecule has 7 heteroatoms. The maximum absolute atomic E-state index is 13.3. The molecule has 0 spiro atoms. The van der Waals surface area contributed by atoms with Gasteiger partial charge in [0.25, 0.3) is 0 Å². The van der Waals surface area contributed by atoms with Crippen molar-refractivity contribution < 1.29 is 24.3 Å². The van der Waals surface area contributed by atoms with Crippen LogP contribution >= 0.6 is 0 Å². The van der Waals surface area contributed by atoms with Crippen molar-refractivity contribution in [2.75, 3.05) is 7.11 Å². The van der Waals surface area contributed by atoms with Crippen LogP contribution in [0.2, 0.25) is 0 Å². The van der Waals surface area contributed by atoms with Gasteiger partial charge in [0.15, 0.2) is 5.78 Å². The van der Waals surface area contributed by atoms with E-state index < -0.39 is 11.8 Å². The first kappa shape index (κ1) is 26.1. The molecule has 186 valence electrons. The predicted molar refractivity (Wildman–Crippen MR) is 138 cm³/mol. The monoisotopic (exact) mass is 478 g/mol. The van der Waals surface area contributed by atoms with E-state index >= 15 is 0 Å². The summed E-state index contributed by atoms with van der Waals surface area (Å²) in [6.07, 6.45) is 3.70. The molecule has 0 amide bonds. The second kappa shape index (κ2) is 11.8. The third-order valence-corrected chi connectivity index (χ3v) is 6.67. The molecule has 0 saturated carbocycles. The van der Waals surface area contributed by atoms with E-state index in [2.05, 4.69) is 35.2 Å². The molecule has 0 bridgehead atoms. The summed E-state index contributed by atoms with van der Waals surface area (Å²) in [6, 6.07) is 11.2. The number of aryl methyl sites for hydroxylation is 1. The van der Waals surface area contributed by atoms with Crippen molar-refractivity contribution >= 4 is 45.1 Å². The molecule has 7 nitrogen and oxygen atoms in total. The molecule has 35 heavy (non-hydrogen) atoms. The topological polar surface area (TPSA) is 98.0 Å². The van der Waals surface area contributed by atoms with Crippen molar-refractivity contribution in [2.45, 2.75) is 65.8 Å². The number of carbonyl (C=O) groups is 3. The molecule has 1 aromatic heterocycles. The van der Waals surface area contributed by atoms with E-state index in [0.29, 0.717) is 11.1 Å². The van der Waals surface area contributed by atoms with Crippen LogP contribution in [0.4, 0.5) is 0 Å². The minimum Gasteiger partial charge on any atom is -0.469 e. The Morgan fingerprint density at radius 2 is 1.60 bits per heavy atom. The zero-order valence-electron chi connectivity index (χ0n) is 21.0. The van der Waals surface area contributed by atoms with Gasteiger partial charge in [-0.1, -0.05) is 31.8 Å². The van der Waals surface area contributed by atoms with Crippen molar-refractivity contribution in [1.82, 2.24) is 4.57 Å². The number of hydrogen-bond donors (Lipinski definition) is 1. The highest BCUT2D eigenvalue weighted by Gasteiger charge is 2.21. The van der Waals surface area contributed by atoms with Gasteiger partial charge < -0.3 is 14.5 Å². The Balaban J connectivity index is 2.05. The highest BCUT2D eigenvalue weighted by Crippen LogP contribution is 2.32. The number of ether oxygens (including phenoxy) is 1. The van der Waals surface area contributed by atoms with Crippen LogP contribution in [0.5, 0.6) is 0 Å². The third-order valence-electron chi connectivity index (χ3n) is 6.67. The highest BCUT2D eigenvalue weighted by atomic mass is 16.5. The van der Waals surface area contributed by atoms with Crippen LogP contribution in [0.25, 0.3) is 21.8 Å². The van der Waals surface area contributed by atoms with Crippen LogP contribution in [0.1, 0.15) is 80.0 Å². The highest BCUT2D eigenvalue weighted by molar-refractivity contribution is 6.46. The zero-order valence-corrected chi connectivity index (χ0v) is 21.0. The summed E-state index contributed by atoms with van der Waals surface area (Å²) >= 11 is 0. The number of oxime groups is 1. The number of esters is 1. The lowest BCUT2D eigenvalue weighted by atomic mass is 9.90. The number of hydrogen-bond acceptors (Lipinski definition) is 6. The Morgan fingerprint density at radius 3 is 2.14 bits per heavy atom. The van der Waals surface area contributed by atoms with Crippen molar-refractivity contribution in [3.05, 3.63) is 47.5 Å². The lowest BCUT2D eigenvalue weighted by Crippen LogP contribution is -2.16. The summed E-state index contributed by atoms with van der Waals surface area (Å²) in [7, 11) is 1.27. The van der Waals surface area contributed by atoms with Crippen LogP contribution in [-0.2, 0) is 16.1 Å². The molecular formula is C28H34N2O5. The first-order valence-electron chi connectivity index (χ1n) is 12.3. The number of benzene rings is 2. The van der Waals surface area contributed by atoms with Crippen molar-refractivity contribution in [3.63, 3.8) is 0 Å². The lowest BCUT2D eigenvalue weighted by molar-refractivity contribution is -0.140. The van der Waals surface area contributed by atoms with Gasteiger partial charge in [0.05, 0.1) is 13.5 Å². The summed E-state index contributed by atoms with van der Waals surface area (Å²) < 4.78 is 6.76. The van der Waals surface area contributed by atoms with Gasteiger partial charge >= 0.3 is 5.97 Å². The molecule has 0 aliphatic heterocycles. The molecule has 3 aromatic rings. The first-order chi connectivity index (χ1) is 16.9. The molecule has 0 aliphatic carbocycles. The van der Waals surface area contributed by atoms with Gasteiger partial charge in [0, 0.05) is 51.8 Å². The fourth-order valence-electron chi connectivity index (χ4n) is 4.64. The van der Waals surface area contributed by atoms with E-state index in [1.807, 2.05) is 24.3 Å². The molecule has 1 unspecified atom stereocenters. The number of ketones is 2. The summed E-state index contributed by atoms with van der Waals surface area (Å²) in [4.78, 5) is 37.7. The van der Waals surface area contributed by atoms with Gasteiger partial charge in [-0.2, -0.15) is 0 Å². The Labute approximate surface area is 205 Å². The molecule has 1 N–H and O–H groups in total. The minimum atomic E-state index is -0.484. The van der Waals surface area contributed by atoms with Gasteiger partial charge in [-0.3, -0.25) is 14.4 Å². The Morgan fingerprint density at radius 1 is 0.971 bits per heavy atom. The maximum Gasteiger partial charge on any atom is 0.305 e. The van der Waals surface area contributed by atoms with E-state index in [1.54, 1.807) is 12.1 Å². The molecule has 0 saturated heterocycles. The fraction of sp³-hybridized carbons (Fsp3) is 0.429. The molecule has 0 radical (unpaired) electrons. The zero-order chi connectivity index (χ0) is 25.5. The molecule has 0 fully saturated rings. The Kier molecular flexibility index (Phi) is 8.79. The summed E-state index contributed by atoms with van der Waals surface area (Å²) in [5, 5.41) is 14.3. The average Bonchev–Trinajstić information content (AvgIpc) is 3.21. The number of carbonyl (C=O) groups excluding carboxylic acids is 3. The standard InChI is InChI=1S/C28H34N2O5/c1-5-8-9-18(6-2)27(32)19-10-13-24-21(16-19)22-17-20(11-14-25(22)30(24)7-3)28(33)23(29-34)12-15-26(31)35-4/h10-11,13-14,16-18,34H,5-9,12,15H2,1-4H3/b29-23+. The summed E-state index contributed by atoms with van der Waals surface area (Å²) in [5.74, 6) is -0.775. The van der Waals surface area contributed by atoms with Crippen LogP contribution in [0.3, 0.4) is 0 Å². The number of rotatable bonds is 12. The molecule has 2 aromatic carbocycles. The number of Topliss-reactive ketones (excluding diaryl/α,β-unsaturated/α-hetero) is 2. The normalized spacial score (nSPS) is 12.7. The number of methoxy groups -OCH3 is 1. The lowest BCUT2D eigenvalue weighted by Gasteiger charge is -2.13. The SMILES string of the molecule is CCCCC(CC)C(=O)c1ccc2c(c1)c1cc(C(=O)/C(CCC(=O)OC)=N/O)ccc1n2CC. The molecule has 0 aliphatic rings. The van der Waals surface area contributed by atoms with Crippen molar-refractivity contribution in [1.29, 1.82) is 0 Å². The summed E-state index contributed by atoms with van der Waals surface area (Å²) in [5.41, 5.74) is 2.89. The minimum absolute atomic E-state index is 0.00204. The smallest absolute Gasteiger partial charge is 0.305 e. The van der Waals surface area contributed by atoms with Crippen LogP contribution < -0.4 is 0 Å². The average molecular weight is 479 g/mol. The van der Waals surface area contributed by atoms with Crippen LogP contribution in [0, 0.1) is 5.92 Å². The molecule has 1 atom stereocenters. The van der Waals surface area contributed by atoms with Gasteiger partial charge in [0.2, 0.25) is 5.78 Å². The second-order valence-electron chi connectivity index (χ2n) is 8.77. The third kappa shape index (κ3) is 5.45. The largest absolute Gasteiger partial charge is 0.469 e. The predicted octanol–water partition coefficient (Wildman–Crippen LogP) is 6.18.